The third-order valence-electron chi connectivity index (χ3n) is 2.46. The summed E-state index contributed by atoms with van der Waals surface area (Å²) in [6, 6.07) is 10.3. The highest BCUT2D eigenvalue weighted by Crippen LogP contribution is 2.13. The molecular formula is C14H16N2S. The molecule has 0 aliphatic carbocycles. The van der Waals surface area contributed by atoms with E-state index in [0.717, 1.165) is 25.3 Å². The Labute approximate surface area is 106 Å². The number of aromatic nitrogens is 1. The lowest BCUT2D eigenvalue weighted by atomic mass is 10.3. The van der Waals surface area contributed by atoms with Gasteiger partial charge in [0.2, 0.25) is 0 Å². The van der Waals surface area contributed by atoms with Crippen LogP contribution in [0.25, 0.3) is 0 Å². The molecule has 0 saturated carbocycles. The molecule has 3 heteroatoms. The molecule has 0 radical (unpaired) electrons. The molecule has 0 bridgehead atoms. The van der Waals surface area contributed by atoms with E-state index < -0.39 is 0 Å². The van der Waals surface area contributed by atoms with Gasteiger partial charge in [0.15, 0.2) is 0 Å². The minimum absolute atomic E-state index is 0.866. The number of pyridine rings is 1. The summed E-state index contributed by atoms with van der Waals surface area (Å²) in [4.78, 5) is 8.07. The average molecular weight is 244 g/mol. The van der Waals surface area contributed by atoms with Crippen LogP contribution in [0, 0.1) is 0 Å². The highest BCUT2D eigenvalue weighted by atomic mass is 32.1. The second kappa shape index (κ2) is 6.33. The van der Waals surface area contributed by atoms with Crippen LogP contribution in [0.1, 0.15) is 10.6 Å². The highest BCUT2D eigenvalue weighted by Gasteiger charge is 2.06. The monoisotopic (exact) mass is 244 g/mol. The molecule has 0 N–H and O–H groups in total. The van der Waals surface area contributed by atoms with Crippen molar-refractivity contribution in [2.45, 2.75) is 13.1 Å². The molecule has 2 rings (SSSR count). The number of thiophene rings is 1. The maximum absolute atomic E-state index is 4.36. The van der Waals surface area contributed by atoms with E-state index >= 15 is 0 Å². The summed E-state index contributed by atoms with van der Waals surface area (Å²) in [6.45, 7) is 6.52. The Balaban J connectivity index is 2.00. The molecular weight excluding hydrogens is 228 g/mol. The molecule has 0 unspecified atom stereocenters. The van der Waals surface area contributed by atoms with E-state index in [4.69, 9.17) is 0 Å². The van der Waals surface area contributed by atoms with Crippen molar-refractivity contribution < 1.29 is 0 Å². The van der Waals surface area contributed by atoms with E-state index in [1.165, 1.54) is 4.88 Å². The van der Waals surface area contributed by atoms with Gasteiger partial charge in [-0.1, -0.05) is 18.2 Å². The molecule has 0 fully saturated rings. The first-order valence-corrected chi connectivity index (χ1v) is 6.52. The van der Waals surface area contributed by atoms with Crippen molar-refractivity contribution in [1.29, 1.82) is 0 Å². The van der Waals surface area contributed by atoms with E-state index in [1.54, 1.807) is 11.3 Å². The SMILES string of the molecule is C=CCN(Cc1ccccn1)Cc1cccs1. The molecule has 0 aliphatic heterocycles. The van der Waals surface area contributed by atoms with Gasteiger partial charge in [-0.2, -0.15) is 0 Å². The molecule has 0 atom stereocenters. The van der Waals surface area contributed by atoms with Crippen LogP contribution in [0.5, 0.6) is 0 Å². The number of hydrogen-bond donors (Lipinski definition) is 0. The molecule has 2 nitrogen and oxygen atoms in total. The Morgan fingerprint density at radius 3 is 2.82 bits per heavy atom. The van der Waals surface area contributed by atoms with E-state index in [1.807, 2.05) is 24.4 Å². The Hall–Kier alpha value is -1.45. The summed E-state index contributed by atoms with van der Waals surface area (Å²) in [6.07, 6.45) is 3.78. The van der Waals surface area contributed by atoms with Gasteiger partial charge in [0.1, 0.15) is 0 Å². The van der Waals surface area contributed by atoms with Crippen LogP contribution in [0.15, 0.2) is 54.6 Å². The zero-order chi connectivity index (χ0) is 11.9. The van der Waals surface area contributed by atoms with Gasteiger partial charge in [-0.25, -0.2) is 0 Å². The van der Waals surface area contributed by atoms with Gasteiger partial charge >= 0.3 is 0 Å². The van der Waals surface area contributed by atoms with E-state index in [0.29, 0.717) is 0 Å². The number of rotatable bonds is 6. The van der Waals surface area contributed by atoms with Crippen molar-refractivity contribution in [3.63, 3.8) is 0 Å². The van der Waals surface area contributed by atoms with E-state index in [2.05, 4.69) is 40.0 Å². The van der Waals surface area contributed by atoms with Crippen molar-refractivity contribution in [1.82, 2.24) is 9.88 Å². The van der Waals surface area contributed by atoms with Gasteiger partial charge in [0.25, 0.3) is 0 Å². The van der Waals surface area contributed by atoms with Crippen molar-refractivity contribution in [3.8, 4) is 0 Å². The molecule has 17 heavy (non-hydrogen) atoms. The van der Waals surface area contributed by atoms with Gasteiger partial charge in [0.05, 0.1) is 5.69 Å². The molecule has 88 valence electrons. The molecule has 0 amide bonds. The molecule has 0 saturated heterocycles. The molecule has 0 aromatic carbocycles. The summed E-state index contributed by atoms with van der Waals surface area (Å²) in [5.74, 6) is 0. The largest absolute Gasteiger partial charge is 0.289 e. The Morgan fingerprint density at radius 2 is 2.18 bits per heavy atom. The first kappa shape index (κ1) is 12.0. The van der Waals surface area contributed by atoms with Crippen molar-refractivity contribution in [2.75, 3.05) is 6.54 Å². The quantitative estimate of drug-likeness (QED) is 0.725. The number of hydrogen-bond acceptors (Lipinski definition) is 3. The van der Waals surface area contributed by atoms with Gasteiger partial charge in [-0.05, 0) is 23.6 Å². The zero-order valence-electron chi connectivity index (χ0n) is 9.75. The normalized spacial score (nSPS) is 10.6. The van der Waals surface area contributed by atoms with Crippen LogP contribution in [-0.2, 0) is 13.1 Å². The zero-order valence-corrected chi connectivity index (χ0v) is 10.6. The summed E-state index contributed by atoms with van der Waals surface area (Å²) in [7, 11) is 0. The van der Waals surface area contributed by atoms with Crippen molar-refractivity contribution in [3.05, 3.63) is 65.1 Å². The third kappa shape index (κ3) is 3.80. The molecule has 2 heterocycles. The van der Waals surface area contributed by atoms with Crippen LogP contribution in [0.2, 0.25) is 0 Å². The van der Waals surface area contributed by atoms with Gasteiger partial charge in [-0.15, -0.1) is 17.9 Å². The minimum atomic E-state index is 0.866. The van der Waals surface area contributed by atoms with E-state index in [9.17, 15) is 0 Å². The topological polar surface area (TPSA) is 16.1 Å². The van der Waals surface area contributed by atoms with Crippen LogP contribution in [-0.4, -0.2) is 16.4 Å². The predicted molar refractivity (Wildman–Crippen MR) is 72.9 cm³/mol. The van der Waals surface area contributed by atoms with Gasteiger partial charge in [-0.3, -0.25) is 9.88 Å². The Bertz CT molecular complexity index is 437. The van der Waals surface area contributed by atoms with Crippen LogP contribution in [0.3, 0.4) is 0 Å². The maximum atomic E-state index is 4.36. The predicted octanol–water partition coefficient (Wildman–Crippen LogP) is 3.33. The number of nitrogens with zero attached hydrogens (tertiary/aromatic N) is 2. The van der Waals surface area contributed by atoms with Crippen LogP contribution in [0.4, 0.5) is 0 Å². The summed E-state index contributed by atoms with van der Waals surface area (Å²) in [5.41, 5.74) is 1.10. The standard InChI is InChI=1S/C14H16N2S/c1-2-9-16(12-14-7-5-10-17-14)11-13-6-3-4-8-15-13/h2-8,10H,1,9,11-12H2. The second-order valence-electron chi connectivity index (χ2n) is 3.86. The fraction of sp³-hybridized carbons (Fsp3) is 0.214. The van der Waals surface area contributed by atoms with Crippen molar-refractivity contribution in [2.24, 2.45) is 0 Å². The summed E-state index contributed by atoms with van der Waals surface area (Å²) >= 11 is 1.79. The smallest absolute Gasteiger partial charge is 0.0544 e. The Kier molecular flexibility index (Phi) is 4.47. The Morgan fingerprint density at radius 1 is 1.24 bits per heavy atom. The third-order valence-corrected chi connectivity index (χ3v) is 3.32. The van der Waals surface area contributed by atoms with Crippen LogP contribution >= 0.6 is 11.3 Å². The summed E-state index contributed by atoms with van der Waals surface area (Å²) in [5, 5.41) is 2.11. The minimum Gasteiger partial charge on any atom is -0.289 e. The highest BCUT2D eigenvalue weighted by molar-refractivity contribution is 7.09. The van der Waals surface area contributed by atoms with Gasteiger partial charge in [0, 0.05) is 30.7 Å². The molecule has 2 aromatic heterocycles. The average Bonchev–Trinajstić information content (AvgIpc) is 2.83. The maximum Gasteiger partial charge on any atom is 0.0544 e. The first-order chi connectivity index (χ1) is 8.38. The lowest BCUT2D eigenvalue weighted by Gasteiger charge is -2.19. The van der Waals surface area contributed by atoms with Crippen molar-refractivity contribution >= 4 is 11.3 Å². The fourth-order valence-corrected chi connectivity index (χ4v) is 2.46. The first-order valence-electron chi connectivity index (χ1n) is 5.64. The lowest BCUT2D eigenvalue weighted by molar-refractivity contribution is 0.285. The van der Waals surface area contributed by atoms with Crippen LogP contribution < -0.4 is 0 Å². The second-order valence-corrected chi connectivity index (χ2v) is 4.89. The van der Waals surface area contributed by atoms with E-state index in [-0.39, 0.29) is 0 Å². The fourth-order valence-electron chi connectivity index (χ4n) is 1.71. The lowest BCUT2D eigenvalue weighted by Crippen LogP contribution is -2.22. The summed E-state index contributed by atoms with van der Waals surface area (Å²) < 4.78 is 0. The molecule has 2 aromatic rings. The molecule has 0 aliphatic rings. The molecule has 0 spiro atoms. The van der Waals surface area contributed by atoms with Gasteiger partial charge < -0.3 is 0 Å².